The van der Waals surface area contributed by atoms with Crippen LogP contribution in [0.3, 0.4) is 0 Å². The number of halogens is 1. The molecule has 30 heavy (non-hydrogen) atoms. The van der Waals surface area contributed by atoms with E-state index >= 15 is 0 Å². The van der Waals surface area contributed by atoms with Crippen LogP contribution in [-0.2, 0) is 6.54 Å². The van der Waals surface area contributed by atoms with Crippen molar-refractivity contribution in [3.05, 3.63) is 89.7 Å². The molecule has 3 aromatic carbocycles. The lowest BCUT2D eigenvalue weighted by molar-refractivity contribution is 0.0950. The van der Waals surface area contributed by atoms with Gasteiger partial charge in [0.05, 0.1) is 7.11 Å². The van der Waals surface area contributed by atoms with Gasteiger partial charge in [-0.05, 0) is 54.6 Å². The molecule has 6 nitrogen and oxygen atoms in total. The van der Waals surface area contributed by atoms with Gasteiger partial charge in [-0.2, -0.15) is 4.98 Å². The van der Waals surface area contributed by atoms with E-state index in [0.29, 0.717) is 35.0 Å². The Hall–Kier alpha value is -4.00. The minimum Gasteiger partial charge on any atom is -0.496 e. The van der Waals surface area contributed by atoms with Crippen molar-refractivity contribution in [2.24, 2.45) is 0 Å². The summed E-state index contributed by atoms with van der Waals surface area (Å²) in [7, 11) is 1.60. The fourth-order valence-corrected chi connectivity index (χ4v) is 2.95. The molecule has 0 spiro atoms. The van der Waals surface area contributed by atoms with Gasteiger partial charge in [0.15, 0.2) is 0 Å². The maximum absolute atomic E-state index is 13.1. The van der Waals surface area contributed by atoms with Crippen molar-refractivity contribution in [1.82, 2.24) is 15.5 Å². The van der Waals surface area contributed by atoms with E-state index in [0.717, 1.165) is 11.3 Å². The van der Waals surface area contributed by atoms with Crippen LogP contribution in [0.25, 0.3) is 22.8 Å². The van der Waals surface area contributed by atoms with Crippen LogP contribution in [0.1, 0.15) is 15.9 Å². The highest BCUT2D eigenvalue weighted by Crippen LogP contribution is 2.23. The molecule has 4 rings (SSSR count). The number of nitrogens with one attached hydrogen (secondary N) is 1. The zero-order valence-electron chi connectivity index (χ0n) is 16.1. The Morgan fingerprint density at radius 1 is 1.00 bits per heavy atom. The summed E-state index contributed by atoms with van der Waals surface area (Å²) < 4.78 is 23.7. The molecule has 0 saturated carbocycles. The molecule has 0 aliphatic rings. The van der Waals surface area contributed by atoms with Gasteiger partial charge in [0, 0.05) is 28.8 Å². The second-order valence-electron chi connectivity index (χ2n) is 6.50. The Balaban J connectivity index is 1.44. The van der Waals surface area contributed by atoms with Gasteiger partial charge in [-0.1, -0.05) is 23.4 Å². The number of aromatic nitrogens is 2. The predicted octanol–water partition coefficient (Wildman–Crippen LogP) is 4.48. The Bertz CT molecular complexity index is 1160. The largest absolute Gasteiger partial charge is 0.496 e. The molecule has 0 atom stereocenters. The molecule has 1 amide bonds. The highest BCUT2D eigenvalue weighted by Gasteiger charge is 2.12. The standard InChI is InChI=1S/C23H18FN3O3/c1-29-20-5-3-2-4-18(20)14-25-22(28)16-6-8-17(9-7-16)23-26-21(27-30-23)15-10-12-19(24)13-11-15/h2-13H,14H2,1H3,(H,25,28). The van der Waals surface area contributed by atoms with Gasteiger partial charge < -0.3 is 14.6 Å². The zero-order valence-corrected chi connectivity index (χ0v) is 16.1. The molecule has 0 radical (unpaired) electrons. The van der Waals surface area contributed by atoms with Gasteiger partial charge in [0.25, 0.3) is 11.8 Å². The summed E-state index contributed by atoms with van der Waals surface area (Å²) in [6.07, 6.45) is 0. The molecule has 7 heteroatoms. The molecule has 1 N–H and O–H groups in total. The number of methoxy groups -OCH3 is 1. The van der Waals surface area contributed by atoms with Gasteiger partial charge in [-0.25, -0.2) is 4.39 Å². The Kier molecular flexibility index (Phi) is 5.52. The number of ether oxygens (including phenoxy) is 1. The first-order chi connectivity index (χ1) is 14.6. The molecule has 0 bridgehead atoms. The van der Waals surface area contributed by atoms with Crippen molar-refractivity contribution in [2.45, 2.75) is 6.54 Å². The molecule has 150 valence electrons. The average Bonchev–Trinajstić information content (AvgIpc) is 3.28. The third-order valence-corrected chi connectivity index (χ3v) is 4.55. The highest BCUT2D eigenvalue weighted by molar-refractivity contribution is 5.94. The summed E-state index contributed by atoms with van der Waals surface area (Å²) in [4.78, 5) is 16.8. The van der Waals surface area contributed by atoms with Crippen LogP contribution < -0.4 is 10.1 Å². The van der Waals surface area contributed by atoms with Crippen LogP contribution in [0, 0.1) is 5.82 Å². The number of amides is 1. The molecule has 0 saturated heterocycles. The monoisotopic (exact) mass is 403 g/mol. The van der Waals surface area contributed by atoms with Crippen molar-refractivity contribution in [1.29, 1.82) is 0 Å². The maximum Gasteiger partial charge on any atom is 0.258 e. The number of nitrogens with zero attached hydrogens (tertiary/aromatic N) is 2. The number of carbonyl (C=O) groups is 1. The molecule has 0 aliphatic carbocycles. The van der Waals surface area contributed by atoms with Crippen molar-refractivity contribution in [2.75, 3.05) is 7.11 Å². The molecular formula is C23H18FN3O3. The van der Waals surface area contributed by atoms with E-state index in [1.54, 1.807) is 43.5 Å². The van der Waals surface area contributed by atoms with E-state index in [1.807, 2.05) is 24.3 Å². The van der Waals surface area contributed by atoms with Gasteiger partial charge in [-0.3, -0.25) is 4.79 Å². The second-order valence-corrected chi connectivity index (χ2v) is 6.50. The van der Waals surface area contributed by atoms with Crippen LogP contribution in [0.2, 0.25) is 0 Å². The Labute approximate surface area is 172 Å². The van der Waals surface area contributed by atoms with Crippen LogP contribution in [0.5, 0.6) is 5.75 Å². The SMILES string of the molecule is COc1ccccc1CNC(=O)c1ccc(-c2nc(-c3ccc(F)cc3)no2)cc1. The number of benzene rings is 3. The Morgan fingerprint density at radius 2 is 1.70 bits per heavy atom. The van der Waals surface area contributed by atoms with E-state index in [-0.39, 0.29) is 11.7 Å². The van der Waals surface area contributed by atoms with E-state index in [2.05, 4.69) is 15.5 Å². The molecular weight excluding hydrogens is 385 g/mol. The smallest absolute Gasteiger partial charge is 0.258 e. The summed E-state index contributed by atoms with van der Waals surface area (Å²) >= 11 is 0. The van der Waals surface area contributed by atoms with Gasteiger partial charge in [-0.15, -0.1) is 0 Å². The first kappa shape index (κ1) is 19.3. The van der Waals surface area contributed by atoms with Crippen LogP contribution in [-0.4, -0.2) is 23.2 Å². The van der Waals surface area contributed by atoms with Gasteiger partial charge in [0.1, 0.15) is 11.6 Å². The maximum atomic E-state index is 13.1. The summed E-state index contributed by atoms with van der Waals surface area (Å²) in [5.74, 6) is 0.868. The lowest BCUT2D eigenvalue weighted by Gasteiger charge is -2.09. The minimum absolute atomic E-state index is 0.204. The normalized spacial score (nSPS) is 10.6. The predicted molar refractivity (Wildman–Crippen MR) is 109 cm³/mol. The summed E-state index contributed by atoms with van der Waals surface area (Å²) in [5.41, 5.74) is 2.73. The van der Waals surface area contributed by atoms with Crippen LogP contribution in [0.15, 0.2) is 77.3 Å². The first-order valence-corrected chi connectivity index (χ1v) is 9.24. The number of carbonyl (C=O) groups excluding carboxylic acids is 1. The molecule has 0 fully saturated rings. The van der Waals surface area contributed by atoms with E-state index in [1.165, 1.54) is 12.1 Å². The van der Waals surface area contributed by atoms with Crippen molar-refractivity contribution < 1.29 is 18.4 Å². The summed E-state index contributed by atoms with van der Waals surface area (Å²) in [5, 5.41) is 6.81. The number of hydrogen-bond donors (Lipinski definition) is 1. The molecule has 1 heterocycles. The first-order valence-electron chi connectivity index (χ1n) is 9.24. The lowest BCUT2D eigenvalue weighted by Crippen LogP contribution is -2.22. The number of hydrogen-bond acceptors (Lipinski definition) is 5. The average molecular weight is 403 g/mol. The molecule has 0 aliphatic heterocycles. The quantitative estimate of drug-likeness (QED) is 0.514. The fourth-order valence-electron chi connectivity index (χ4n) is 2.95. The summed E-state index contributed by atoms with van der Waals surface area (Å²) in [6, 6.07) is 20.2. The third kappa shape index (κ3) is 4.20. The second kappa shape index (κ2) is 8.57. The lowest BCUT2D eigenvalue weighted by atomic mass is 10.1. The van der Waals surface area contributed by atoms with Gasteiger partial charge in [0.2, 0.25) is 5.82 Å². The molecule has 0 unspecified atom stereocenters. The van der Waals surface area contributed by atoms with E-state index in [4.69, 9.17) is 9.26 Å². The summed E-state index contributed by atoms with van der Waals surface area (Å²) in [6.45, 7) is 0.356. The molecule has 1 aromatic heterocycles. The topological polar surface area (TPSA) is 77.2 Å². The van der Waals surface area contributed by atoms with Crippen LogP contribution in [0.4, 0.5) is 4.39 Å². The third-order valence-electron chi connectivity index (χ3n) is 4.55. The van der Waals surface area contributed by atoms with Crippen molar-refractivity contribution in [3.8, 4) is 28.6 Å². The molecule has 4 aromatic rings. The fraction of sp³-hybridized carbons (Fsp3) is 0.0870. The minimum atomic E-state index is -0.331. The van der Waals surface area contributed by atoms with E-state index in [9.17, 15) is 9.18 Å². The number of rotatable bonds is 6. The number of para-hydroxylation sites is 1. The van der Waals surface area contributed by atoms with Gasteiger partial charge >= 0.3 is 0 Å². The van der Waals surface area contributed by atoms with Crippen molar-refractivity contribution >= 4 is 5.91 Å². The van der Waals surface area contributed by atoms with Crippen LogP contribution >= 0.6 is 0 Å². The zero-order chi connectivity index (χ0) is 20.9. The highest BCUT2D eigenvalue weighted by atomic mass is 19.1. The van der Waals surface area contributed by atoms with Crippen molar-refractivity contribution in [3.63, 3.8) is 0 Å². The Morgan fingerprint density at radius 3 is 2.43 bits per heavy atom. The van der Waals surface area contributed by atoms with E-state index < -0.39 is 0 Å².